The van der Waals surface area contributed by atoms with E-state index in [1.165, 1.54) is 40.6 Å². The first-order chi connectivity index (χ1) is 17.8. The third kappa shape index (κ3) is 6.01. The Labute approximate surface area is 226 Å². The maximum Gasteiger partial charge on any atom is 0.341 e. The molecular formula is C27H34N4O4S2. The van der Waals surface area contributed by atoms with Crippen molar-refractivity contribution in [3.8, 4) is 5.75 Å². The number of aryl methyl sites for hydroxylation is 2. The molecule has 2 heterocycles. The molecule has 0 saturated heterocycles. The summed E-state index contributed by atoms with van der Waals surface area (Å²) in [4.78, 5) is 26.7. The summed E-state index contributed by atoms with van der Waals surface area (Å²) in [6.07, 6.45) is 4.75. The van der Waals surface area contributed by atoms with E-state index in [1.807, 2.05) is 37.5 Å². The number of anilines is 1. The van der Waals surface area contributed by atoms with Crippen LogP contribution in [0.3, 0.4) is 0 Å². The van der Waals surface area contributed by atoms with Gasteiger partial charge >= 0.3 is 5.97 Å². The number of aromatic nitrogens is 3. The number of ether oxygens (including phenoxy) is 2. The molecule has 10 heteroatoms. The van der Waals surface area contributed by atoms with Crippen LogP contribution in [0.15, 0.2) is 23.4 Å². The molecule has 8 nitrogen and oxygen atoms in total. The summed E-state index contributed by atoms with van der Waals surface area (Å²) in [5.41, 5.74) is 3.81. The van der Waals surface area contributed by atoms with Gasteiger partial charge in [-0.2, -0.15) is 0 Å². The SMILES string of the molecule is CCn1c(SCC(=O)Nc2sc3c(c2C(=O)OC)CCCCC3)nnc1C(C)Oc1cccc(C)c1C. The van der Waals surface area contributed by atoms with Gasteiger partial charge in [-0.15, -0.1) is 21.5 Å². The molecule has 1 amide bonds. The minimum Gasteiger partial charge on any atom is -0.482 e. The molecule has 1 unspecified atom stereocenters. The molecule has 37 heavy (non-hydrogen) atoms. The molecule has 0 fully saturated rings. The Balaban J connectivity index is 1.45. The van der Waals surface area contributed by atoms with Gasteiger partial charge in [-0.1, -0.05) is 30.3 Å². The summed E-state index contributed by atoms with van der Waals surface area (Å²) < 4.78 is 13.2. The lowest BCUT2D eigenvalue weighted by molar-refractivity contribution is -0.113. The second-order valence-electron chi connectivity index (χ2n) is 9.14. The van der Waals surface area contributed by atoms with Crippen LogP contribution in [0, 0.1) is 13.8 Å². The van der Waals surface area contributed by atoms with Crippen molar-refractivity contribution in [2.45, 2.75) is 77.6 Å². The lowest BCUT2D eigenvalue weighted by Gasteiger charge is -2.17. The van der Waals surface area contributed by atoms with Crippen LogP contribution < -0.4 is 10.1 Å². The molecule has 198 valence electrons. The Bertz CT molecular complexity index is 1280. The number of fused-ring (bicyclic) bond motifs is 1. The van der Waals surface area contributed by atoms with E-state index < -0.39 is 5.97 Å². The summed E-state index contributed by atoms with van der Waals surface area (Å²) in [6.45, 7) is 8.72. The molecule has 0 bridgehead atoms. The van der Waals surface area contributed by atoms with Gasteiger partial charge in [0.25, 0.3) is 0 Å². The number of rotatable bonds is 9. The lowest BCUT2D eigenvalue weighted by atomic mass is 10.1. The van der Waals surface area contributed by atoms with Gasteiger partial charge in [0.1, 0.15) is 10.8 Å². The van der Waals surface area contributed by atoms with Crippen LogP contribution in [0.25, 0.3) is 0 Å². The highest BCUT2D eigenvalue weighted by Crippen LogP contribution is 2.38. The number of carbonyl (C=O) groups excluding carboxylic acids is 2. The number of hydrogen-bond acceptors (Lipinski definition) is 8. The van der Waals surface area contributed by atoms with Crippen molar-refractivity contribution in [1.29, 1.82) is 0 Å². The van der Waals surface area contributed by atoms with E-state index in [2.05, 4.69) is 28.5 Å². The van der Waals surface area contributed by atoms with Crippen LogP contribution >= 0.6 is 23.1 Å². The molecule has 1 aliphatic rings. The normalized spacial score (nSPS) is 14.0. The van der Waals surface area contributed by atoms with Gasteiger partial charge in [0.15, 0.2) is 17.1 Å². The molecule has 1 aromatic carbocycles. The number of thioether (sulfide) groups is 1. The molecule has 2 aromatic heterocycles. The van der Waals surface area contributed by atoms with Gasteiger partial charge in [-0.05, 0) is 76.1 Å². The Morgan fingerprint density at radius 3 is 2.73 bits per heavy atom. The average molecular weight is 543 g/mol. The van der Waals surface area contributed by atoms with Crippen LogP contribution in [0.5, 0.6) is 5.75 Å². The van der Waals surface area contributed by atoms with Crippen molar-refractivity contribution < 1.29 is 19.1 Å². The number of thiophene rings is 1. The first-order valence-electron chi connectivity index (χ1n) is 12.6. The second kappa shape index (κ2) is 12.1. The molecule has 0 saturated carbocycles. The quantitative estimate of drug-likeness (QED) is 0.204. The molecular weight excluding hydrogens is 508 g/mol. The summed E-state index contributed by atoms with van der Waals surface area (Å²) in [5.74, 6) is 1.09. The Kier molecular flexibility index (Phi) is 8.91. The minimum absolute atomic E-state index is 0.146. The van der Waals surface area contributed by atoms with E-state index in [0.717, 1.165) is 49.0 Å². The molecule has 1 atom stereocenters. The predicted molar refractivity (Wildman–Crippen MR) is 147 cm³/mol. The van der Waals surface area contributed by atoms with Crippen molar-refractivity contribution in [3.05, 3.63) is 51.2 Å². The van der Waals surface area contributed by atoms with Gasteiger partial charge in [0.2, 0.25) is 5.91 Å². The summed E-state index contributed by atoms with van der Waals surface area (Å²) in [7, 11) is 1.38. The van der Waals surface area contributed by atoms with Crippen molar-refractivity contribution >= 4 is 40.0 Å². The van der Waals surface area contributed by atoms with Gasteiger partial charge in [0, 0.05) is 11.4 Å². The smallest absolute Gasteiger partial charge is 0.341 e. The third-order valence-electron chi connectivity index (χ3n) is 6.68. The zero-order valence-electron chi connectivity index (χ0n) is 22.1. The fourth-order valence-electron chi connectivity index (χ4n) is 4.54. The van der Waals surface area contributed by atoms with Crippen molar-refractivity contribution in [2.75, 3.05) is 18.2 Å². The van der Waals surface area contributed by atoms with Gasteiger partial charge < -0.3 is 19.4 Å². The van der Waals surface area contributed by atoms with Gasteiger partial charge in [-0.25, -0.2) is 4.79 Å². The van der Waals surface area contributed by atoms with E-state index >= 15 is 0 Å². The van der Waals surface area contributed by atoms with E-state index in [4.69, 9.17) is 9.47 Å². The monoisotopic (exact) mass is 542 g/mol. The molecule has 4 rings (SSSR count). The van der Waals surface area contributed by atoms with Crippen molar-refractivity contribution in [3.63, 3.8) is 0 Å². The fourth-order valence-corrected chi connectivity index (χ4v) is 6.64. The number of carbonyl (C=O) groups is 2. The van der Waals surface area contributed by atoms with E-state index in [1.54, 1.807) is 0 Å². The van der Waals surface area contributed by atoms with Crippen molar-refractivity contribution in [2.24, 2.45) is 0 Å². The minimum atomic E-state index is -0.393. The highest BCUT2D eigenvalue weighted by atomic mass is 32.2. The molecule has 1 aliphatic carbocycles. The predicted octanol–water partition coefficient (Wildman–Crippen LogP) is 5.90. The topological polar surface area (TPSA) is 95.3 Å². The average Bonchev–Trinajstić information content (AvgIpc) is 3.37. The van der Waals surface area contributed by atoms with Crippen molar-refractivity contribution in [1.82, 2.24) is 14.8 Å². The maximum absolute atomic E-state index is 12.9. The second-order valence-corrected chi connectivity index (χ2v) is 11.2. The van der Waals surface area contributed by atoms with Crippen LogP contribution in [0.4, 0.5) is 5.00 Å². The number of hydrogen-bond donors (Lipinski definition) is 1. The molecule has 3 aromatic rings. The first-order valence-corrected chi connectivity index (χ1v) is 14.5. The number of benzene rings is 1. The molecule has 0 spiro atoms. The van der Waals surface area contributed by atoms with Gasteiger partial charge in [-0.3, -0.25) is 4.79 Å². The zero-order valence-corrected chi connectivity index (χ0v) is 23.7. The highest BCUT2D eigenvalue weighted by Gasteiger charge is 2.27. The number of nitrogens with one attached hydrogen (secondary N) is 1. The highest BCUT2D eigenvalue weighted by molar-refractivity contribution is 7.99. The first kappa shape index (κ1) is 27.2. The molecule has 1 N–H and O–H groups in total. The lowest BCUT2D eigenvalue weighted by Crippen LogP contribution is -2.17. The van der Waals surface area contributed by atoms with Crippen LogP contribution in [-0.2, 0) is 28.9 Å². The maximum atomic E-state index is 12.9. The summed E-state index contributed by atoms with van der Waals surface area (Å²) >= 11 is 2.81. The zero-order chi connectivity index (χ0) is 26.5. The number of nitrogens with zero attached hydrogens (tertiary/aromatic N) is 3. The Hall–Kier alpha value is -2.85. The Morgan fingerprint density at radius 2 is 1.97 bits per heavy atom. The summed E-state index contributed by atoms with van der Waals surface area (Å²) in [6, 6.07) is 5.99. The van der Waals surface area contributed by atoms with Crippen LogP contribution in [0.2, 0.25) is 0 Å². The standard InChI is InChI=1S/C27H34N4O4S2/c1-6-31-24(18(4)35-20-13-10-11-16(2)17(20)3)29-30-27(31)36-15-22(32)28-25-23(26(33)34-5)19-12-8-7-9-14-21(19)37-25/h10-11,13,18H,6-9,12,14-15H2,1-5H3,(H,28,32). The number of amides is 1. The summed E-state index contributed by atoms with van der Waals surface area (Å²) in [5, 5.41) is 12.9. The fraction of sp³-hybridized carbons (Fsp3) is 0.481. The largest absolute Gasteiger partial charge is 0.482 e. The van der Waals surface area contributed by atoms with E-state index in [-0.39, 0.29) is 17.8 Å². The Morgan fingerprint density at radius 1 is 1.19 bits per heavy atom. The van der Waals surface area contributed by atoms with E-state index in [9.17, 15) is 9.59 Å². The van der Waals surface area contributed by atoms with E-state index in [0.29, 0.717) is 28.1 Å². The third-order valence-corrected chi connectivity index (χ3v) is 8.85. The van der Waals surface area contributed by atoms with Crippen LogP contribution in [-0.4, -0.2) is 39.5 Å². The van der Waals surface area contributed by atoms with Gasteiger partial charge in [0.05, 0.1) is 18.4 Å². The van der Waals surface area contributed by atoms with Crippen LogP contribution in [0.1, 0.15) is 77.0 Å². The number of esters is 1. The molecule has 0 radical (unpaired) electrons. The number of methoxy groups -OCH3 is 1. The molecule has 0 aliphatic heterocycles.